The first-order chi connectivity index (χ1) is 26.3. The molecule has 0 N–H and O–H groups in total. The standard InChI is InChI=1S/C47H32N6/c1-4-10-33(11-5-1)34-16-20-38(21-17-34)52(39-22-18-35(19-23-39)47-49-31-48-32-50-47)40-24-25-44-42(30-40)46-41-28-29-51(36-12-6-2-7-13-36)43(41)26-27-45(46)53(44)37-14-8-3-9-15-37/h1-32H. The molecule has 0 unspecified atom stereocenters. The molecule has 0 fully saturated rings. The topological polar surface area (TPSA) is 51.8 Å². The van der Waals surface area contributed by atoms with Gasteiger partial charge in [0, 0.05) is 56.4 Å². The van der Waals surface area contributed by atoms with Crippen LogP contribution in [0.25, 0.3) is 66.6 Å². The van der Waals surface area contributed by atoms with Crippen LogP contribution >= 0.6 is 0 Å². The van der Waals surface area contributed by atoms with Crippen LogP contribution in [0.4, 0.5) is 17.1 Å². The van der Waals surface area contributed by atoms with Gasteiger partial charge >= 0.3 is 0 Å². The number of anilines is 3. The van der Waals surface area contributed by atoms with Crippen LogP contribution in [0, 0.1) is 0 Å². The number of hydrogen-bond acceptors (Lipinski definition) is 4. The van der Waals surface area contributed by atoms with E-state index in [0.717, 1.165) is 39.5 Å². The van der Waals surface area contributed by atoms with Gasteiger partial charge in [0.15, 0.2) is 5.82 Å². The Morgan fingerprint density at radius 3 is 1.64 bits per heavy atom. The lowest BCUT2D eigenvalue weighted by Gasteiger charge is -2.26. The lowest BCUT2D eigenvalue weighted by atomic mass is 10.0. The fourth-order valence-electron chi connectivity index (χ4n) is 7.56. The quantitative estimate of drug-likeness (QED) is 0.168. The zero-order chi connectivity index (χ0) is 35.1. The van der Waals surface area contributed by atoms with Gasteiger partial charge in [0.1, 0.15) is 12.7 Å². The van der Waals surface area contributed by atoms with Crippen LogP contribution in [0.1, 0.15) is 0 Å². The van der Waals surface area contributed by atoms with Gasteiger partial charge in [0.25, 0.3) is 0 Å². The van der Waals surface area contributed by atoms with Crippen LogP contribution in [-0.2, 0) is 0 Å². The maximum Gasteiger partial charge on any atom is 0.162 e. The molecule has 0 saturated carbocycles. The molecule has 6 nitrogen and oxygen atoms in total. The lowest BCUT2D eigenvalue weighted by molar-refractivity contribution is 1.06. The van der Waals surface area contributed by atoms with Gasteiger partial charge in [-0.1, -0.05) is 78.9 Å². The fraction of sp³-hybridized carbons (Fsp3) is 0. The highest BCUT2D eigenvalue weighted by atomic mass is 15.1. The summed E-state index contributed by atoms with van der Waals surface area (Å²) in [6.45, 7) is 0. The molecule has 6 heteroatoms. The first-order valence-corrected chi connectivity index (χ1v) is 17.7. The SMILES string of the molecule is c1ccc(-c2ccc(N(c3ccc(-c4ncncn4)cc3)c3ccc4c(c3)c3c5ccn(-c6ccccc6)c5ccc3n4-c3ccccc3)cc2)cc1. The van der Waals surface area contributed by atoms with E-state index in [0.29, 0.717) is 5.82 Å². The molecule has 0 bridgehead atoms. The predicted molar refractivity (Wildman–Crippen MR) is 217 cm³/mol. The molecule has 3 aromatic heterocycles. The second-order valence-corrected chi connectivity index (χ2v) is 13.0. The first kappa shape index (κ1) is 30.5. The fourth-order valence-corrected chi connectivity index (χ4v) is 7.56. The molecule has 10 aromatic rings. The number of rotatable bonds is 7. The Morgan fingerprint density at radius 1 is 0.415 bits per heavy atom. The van der Waals surface area contributed by atoms with Crippen molar-refractivity contribution in [2.75, 3.05) is 4.90 Å². The van der Waals surface area contributed by atoms with Crippen LogP contribution in [-0.4, -0.2) is 24.1 Å². The third-order valence-electron chi connectivity index (χ3n) is 10.00. The third kappa shape index (κ3) is 5.32. The molecule has 0 aliphatic rings. The number of nitrogens with zero attached hydrogens (tertiary/aromatic N) is 6. The predicted octanol–water partition coefficient (Wildman–Crippen LogP) is 11.7. The summed E-state index contributed by atoms with van der Waals surface area (Å²) in [4.78, 5) is 15.1. The van der Waals surface area contributed by atoms with Crippen LogP contribution in [0.3, 0.4) is 0 Å². The van der Waals surface area contributed by atoms with Gasteiger partial charge in [0.05, 0.1) is 16.6 Å². The molecule has 7 aromatic carbocycles. The van der Waals surface area contributed by atoms with Crippen molar-refractivity contribution < 1.29 is 0 Å². The van der Waals surface area contributed by atoms with E-state index in [2.05, 4.69) is 211 Å². The molecule has 10 rings (SSSR count). The van der Waals surface area contributed by atoms with E-state index >= 15 is 0 Å². The van der Waals surface area contributed by atoms with E-state index < -0.39 is 0 Å². The van der Waals surface area contributed by atoms with E-state index in [1.54, 1.807) is 0 Å². The minimum Gasteiger partial charge on any atom is -0.317 e. The van der Waals surface area contributed by atoms with E-state index in [-0.39, 0.29) is 0 Å². The second-order valence-electron chi connectivity index (χ2n) is 13.0. The van der Waals surface area contributed by atoms with Gasteiger partial charge in [-0.15, -0.1) is 0 Å². The number of aromatic nitrogens is 5. The van der Waals surface area contributed by atoms with Crippen LogP contribution in [0.5, 0.6) is 0 Å². The molecular formula is C47H32N6. The van der Waals surface area contributed by atoms with E-state index in [1.165, 1.54) is 51.0 Å². The van der Waals surface area contributed by atoms with E-state index in [4.69, 9.17) is 0 Å². The highest BCUT2D eigenvalue weighted by molar-refractivity contribution is 6.22. The molecule has 0 atom stereocenters. The summed E-state index contributed by atoms with van der Waals surface area (Å²) < 4.78 is 4.66. The van der Waals surface area contributed by atoms with Crippen molar-refractivity contribution in [3.63, 3.8) is 0 Å². The monoisotopic (exact) mass is 680 g/mol. The molecule has 3 heterocycles. The number of para-hydroxylation sites is 2. The average Bonchev–Trinajstić information content (AvgIpc) is 3.82. The Hall–Kier alpha value is -7.31. The maximum absolute atomic E-state index is 4.37. The highest BCUT2D eigenvalue weighted by Crippen LogP contribution is 2.43. The summed E-state index contributed by atoms with van der Waals surface area (Å²) in [7, 11) is 0. The summed E-state index contributed by atoms with van der Waals surface area (Å²) in [6, 6.07) is 62.6. The Bertz CT molecular complexity index is 2760. The summed E-state index contributed by atoms with van der Waals surface area (Å²) in [5, 5.41) is 3.62. The molecule has 0 radical (unpaired) electrons. The van der Waals surface area contributed by atoms with Gasteiger partial charge in [-0.2, -0.15) is 0 Å². The van der Waals surface area contributed by atoms with Crippen molar-refractivity contribution in [2.24, 2.45) is 0 Å². The zero-order valence-electron chi connectivity index (χ0n) is 28.7. The summed E-state index contributed by atoms with van der Waals surface area (Å²) in [5.41, 5.74) is 12.2. The Kier molecular flexibility index (Phi) is 7.36. The van der Waals surface area contributed by atoms with Crippen LogP contribution in [0.2, 0.25) is 0 Å². The number of benzene rings is 7. The Labute approximate surface area is 306 Å². The minimum atomic E-state index is 0.645. The largest absolute Gasteiger partial charge is 0.317 e. The van der Waals surface area contributed by atoms with Crippen LogP contribution in [0.15, 0.2) is 195 Å². The minimum absolute atomic E-state index is 0.645. The van der Waals surface area contributed by atoms with E-state index in [1.807, 2.05) is 0 Å². The Balaban J connectivity index is 1.19. The van der Waals surface area contributed by atoms with Crippen molar-refractivity contribution in [3.05, 3.63) is 195 Å². The first-order valence-electron chi connectivity index (χ1n) is 17.7. The zero-order valence-corrected chi connectivity index (χ0v) is 28.7. The smallest absolute Gasteiger partial charge is 0.162 e. The maximum atomic E-state index is 4.37. The highest BCUT2D eigenvalue weighted by Gasteiger charge is 2.20. The summed E-state index contributed by atoms with van der Waals surface area (Å²) in [5.74, 6) is 0.645. The molecule has 0 amide bonds. The lowest BCUT2D eigenvalue weighted by Crippen LogP contribution is -2.10. The number of hydrogen-bond donors (Lipinski definition) is 0. The van der Waals surface area contributed by atoms with Crippen molar-refractivity contribution in [3.8, 4) is 33.9 Å². The van der Waals surface area contributed by atoms with Crippen LogP contribution < -0.4 is 4.90 Å². The summed E-state index contributed by atoms with van der Waals surface area (Å²) in [6.07, 6.45) is 5.25. The second kappa shape index (κ2) is 12.8. The van der Waals surface area contributed by atoms with Crippen molar-refractivity contribution in [2.45, 2.75) is 0 Å². The molecule has 0 aliphatic carbocycles. The third-order valence-corrected chi connectivity index (χ3v) is 10.00. The molecule has 53 heavy (non-hydrogen) atoms. The Morgan fingerprint density at radius 2 is 0.962 bits per heavy atom. The summed E-state index contributed by atoms with van der Waals surface area (Å²) >= 11 is 0. The molecule has 0 saturated heterocycles. The molecule has 0 aliphatic heterocycles. The van der Waals surface area contributed by atoms with Gasteiger partial charge in [0.2, 0.25) is 0 Å². The normalized spacial score (nSPS) is 11.4. The van der Waals surface area contributed by atoms with Crippen molar-refractivity contribution in [1.82, 2.24) is 24.1 Å². The van der Waals surface area contributed by atoms with Crippen molar-refractivity contribution >= 4 is 49.8 Å². The molecular weight excluding hydrogens is 649 g/mol. The van der Waals surface area contributed by atoms with Gasteiger partial charge in [-0.3, -0.25) is 0 Å². The molecule has 0 spiro atoms. The molecule has 250 valence electrons. The van der Waals surface area contributed by atoms with Gasteiger partial charge in [-0.25, -0.2) is 15.0 Å². The number of fused-ring (bicyclic) bond motifs is 5. The van der Waals surface area contributed by atoms with Gasteiger partial charge < -0.3 is 14.0 Å². The van der Waals surface area contributed by atoms with E-state index in [9.17, 15) is 0 Å². The van der Waals surface area contributed by atoms with Crippen molar-refractivity contribution in [1.29, 1.82) is 0 Å². The average molecular weight is 681 g/mol. The van der Waals surface area contributed by atoms with Gasteiger partial charge in [-0.05, 0) is 108 Å².